The van der Waals surface area contributed by atoms with Crippen LogP contribution in [-0.4, -0.2) is 40.8 Å². The van der Waals surface area contributed by atoms with Crippen LogP contribution < -0.4 is 0 Å². The first-order valence-electron chi connectivity index (χ1n) is 10.2. The first-order valence-corrected chi connectivity index (χ1v) is 10.2. The van der Waals surface area contributed by atoms with E-state index in [1.807, 2.05) is 0 Å². The Kier molecular flexibility index (Phi) is 6.68. The van der Waals surface area contributed by atoms with Crippen LogP contribution in [0, 0.1) is 13.8 Å². The van der Waals surface area contributed by atoms with Gasteiger partial charge in [0.15, 0.2) is 0 Å². The highest BCUT2D eigenvalue weighted by Gasteiger charge is 2.26. The Bertz CT molecular complexity index is 836. The average molecular weight is 382 g/mol. The topological polar surface area (TPSA) is 47.4 Å². The minimum absolute atomic E-state index is 0.331. The lowest BCUT2D eigenvalue weighted by Crippen LogP contribution is -2.26. The van der Waals surface area contributed by atoms with Gasteiger partial charge in [0.1, 0.15) is 0 Å². The van der Waals surface area contributed by atoms with Crippen molar-refractivity contribution in [3.63, 3.8) is 0 Å². The number of nitrogens with zero attached hydrogens (tertiary/aromatic N) is 3. The number of hydrogen-bond acceptors (Lipinski definition) is 4. The summed E-state index contributed by atoms with van der Waals surface area (Å²) in [4.78, 5) is 13.8. The molecule has 0 N–H and O–H groups in total. The quantitative estimate of drug-likeness (QED) is 0.535. The molecule has 2 heterocycles. The molecule has 0 saturated carbocycles. The molecule has 150 valence electrons. The van der Waals surface area contributed by atoms with Gasteiger partial charge in [-0.3, -0.25) is 9.58 Å². The summed E-state index contributed by atoms with van der Waals surface area (Å²) >= 11 is 0. The van der Waals surface area contributed by atoms with E-state index in [1.54, 1.807) is 6.08 Å². The Balaban J connectivity index is 1.65. The van der Waals surface area contributed by atoms with Crippen LogP contribution >= 0.6 is 0 Å². The normalized spacial score (nSPS) is 17.5. The fraction of sp³-hybridized carbons (Fsp3) is 0.478. The zero-order valence-electron chi connectivity index (χ0n) is 17.4. The molecule has 1 aromatic carbocycles. The number of methoxy groups -OCH3 is 1. The predicted octanol–water partition coefficient (Wildman–Crippen LogP) is 4.09. The highest BCUT2D eigenvalue weighted by atomic mass is 16.5. The predicted molar refractivity (Wildman–Crippen MR) is 112 cm³/mol. The first kappa shape index (κ1) is 20.3. The molecule has 1 aliphatic rings. The van der Waals surface area contributed by atoms with E-state index in [2.05, 4.69) is 64.5 Å². The summed E-state index contributed by atoms with van der Waals surface area (Å²) in [5.74, 6) is -0.331. The van der Waals surface area contributed by atoms with E-state index in [1.165, 1.54) is 42.8 Å². The Morgan fingerprint density at radius 2 is 2.04 bits per heavy atom. The number of rotatable bonds is 7. The molecular weight excluding hydrogens is 350 g/mol. The van der Waals surface area contributed by atoms with Crippen LogP contribution in [-0.2, 0) is 22.5 Å². The number of aromatic nitrogens is 2. The number of esters is 1. The van der Waals surface area contributed by atoms with Gasteiger partial charge in [-0.2, -0.15) is 5.10 Å². The minimum Gasteiger partial charge on any atom is -0.466 e. The van der Waals surface area contributed by atoms with Crippen LogP contribution in [0.5, 0.6) is 0 Å². The largest absolute Gasteiger partial charge is 0.466 e. The third-order valence-corrected chi connectivity index (χ3v) is 5.78. The van der Waals surface area contributed by atoms with Gasteiger partial charge < -0.3 is 4.74 Å². The van der Waals surface area contributed by atoms with Crippen molar-refractivity contribution in [1.29, 1.82) is 0 Å². The fourth-order valence-corrected chi connectivity index (χ4v) is 4.19. The monoisotopic (exact) mass is 381 g/mol. The van der Waals surface area contributed by atoms with Crippen LogP contribution in [0.2, 0.25) is 0 Å². The molecule has 0 aliphatic carbocycles. The molecule has 1 aromatic heterocycles. The average Bonchev–Trinajstić information content (AvgIpc) is 3.29. The molecule has 0 amide bonds. The van der Waals surface area contributed by atoms with E-state index < -0.39 is 0 Å². The Morgan fingerprint density at radius 1 is 1.29 bits per heavy atom. The lowest BCUT2D eigenvalue weighted by Gasteiger charge is -2.25. The van der Waals surface area contributed by atoms with Crippen molar-refractivity contribution in [1.82, 2.24) is 14.7 Å². The van der Waals surface area contributed by atoms with E-state index in [0.717, 1.165) is 37.3 Å². The van der Waals surface area contributed by atoms with E-state index in [0.29, 0.717) is 6.04 Å². The number of ether oxygens (including phenoxy) is 1. The lowest BCUT2D eigenvalue weighted by atomic mass is 10.0. The van der Waals surface area contributed by atoms with Gasteiger partial charge in [-0.15, -0.1) is 0 Å². The molecule has 1 saturated heterocycles. The van der Waals surface area contributed by atoms with Gasteiger partial charge in [-0.1, -0.05) is 24.3 Å². The highest BCUT2D eigenvalue weighted by molar-refractivity contribution is 5.86. The SMILES string of the molecule is CCn1nc(C)c(CCN2CCC[C@H]2c2ccc(C=CC(=O)OC)cc2)c1C. The van der Waals surface area contributed by atoms with Crippen molar-refractivity contribution >= 4 is 12.0 Å². The van der Waals surface area contributed by atoms with Gasteiger partial charge in [-0.05, 0) is 69.3 Å². The molecular formula is C23H31N3O2. The molecule has 0 spiro atoms. The van der Waals surface area contributed by atoms with Crippen LogP contribution in [0.15, 0.2) is 30.3 Å². The Morgan fingerprint density at radius 3 is 2.68 bits per heavy atom. The molecule has 0 unspecified atom stereocenters. The van der Waals surface area contributed by atoms with Gasteiger partial charge >= 0.3 is 5.97 Å². The summed E-state index contributed by atoms with van der Waals surface area (Å²) < 4.78 is 6.75. The summed E-state index contributed by atoms with van der Waals surface area (Å²) in [5, 5.41) is 4.66. The van der Waals surface area contributed by atoms with Crippen LogP contribution in [0.3, 0.4) is 0 Å². The van der Waals surface area contributed by atoms with Gasteiger partial charge in [-0.25, -0.2) is 4.79 Å². The van der Waals surface area contributed by atoms with Crippen molar-refractivity contribution in [2.75, 3.05) is 20.2 Å². The van der Waals surface area contributed by atoms with Crippen molar-refractivity contribution in [3.8, 4) is 0 Å². The fourth-order valence-electron chi connectivity index (χ4n) is 4.19. The van der Waals surface area contributed by atoms with Crippen LogP contribution in [0.25, 0.3) is 6.08 Å². The Hall–Kier alpha value is -2.40. The van der Waals surface area contributed by atoms with Crippen LogP contribution in [0.1, 0.15) is 53.9 Å². The summed E-state index contributed by atoms with van der Waals surface area (Å²) in [5.41, 5.74) is 6.23. The van der Waals surface area contributed by atoms with E-state index in [9.17, 15) is 4.79 Å². The van der Waals surface area contributed by atoms with E-state index >= 15 is 0 Å². The maximum absolute atomic E-state index is 11.2. The molecule has 0 radical (unpaired) electrons. The summed E-state index contributed by atoms with van der Waals surface area (Å²) in [7, 11) is 1.39. The number of benzene rings is 1. The number of likely N-dealkylation sites (tertiary alicyclic amines) is 1. The van der Waals surface area contributed by atoms with Gasteiger partial charge in [0, 0.05) is 30.9 Å². The van der Waals surface area contributed by atoms with Gasteiger partial charge in [0.05, 0.1) is 12.8 Å². The summed E-state index contributed by atoms with van der Waals surface area (Å²) in [6.07, 6.45) is 6.73. The van der Waals surface area contributed by atoms with Crippen molar-refractivity contribution in [3.05, 3.63) is 58.4 Å². The van der Waals surface area contributed by atoms with Gasteiger partial charge in [0.2, 0.25) is 0 Å². The third-order valence-electron chi connectivity index (χ3n) is 5.78. The van der Waals surface area contributed by atoms with Crippen molar-refractivity contribution in [2.24, 2.45) is 0 Å². The second-order valence-corrected chi connectivity index (χ2v) is 7.43. The molecule has 1 atom stereocenters. The molecule has 3 rings (SSSR count). The smallest absolute Gasteiger partial charge is 0.330 e. The number of carbonyl (C=O) groups is 1. The summed E-state index contributed by atoms with van der Waals surface area (Å²) in [6, 6.07) is 8.99. The van der Waals surface area contributed by atoms with Crippen LogP contribution in [0.4, 0.5) is 0 Å². The lowest BCUT2D eigenvalue weighted by molar-refractivity contribution is -0.134. The first-order chi connectivity index (χ1) is 13.5. The van der Waals surface area contributed by atoms with Crippen molar-refractivity contribution < 1.29 is 9.53 Å². The summed E-state index contributed by atoms with van der Waals surface area (Å²) in [6.45, 7) is 9.58. The minimum atomic E-state index is -0.331. The molecule has 5 nitrogen and oxygen atoms in total. The maximum Gasteiger partial charge on any atom is 0.330 e. The number of aryl methyl sites for hydroxylation is 2. The zero-order valence-corrected chi connectivity index (χ0v) is 17.4. The molecule has 0 bridgehead atoms. The highest BCUT2D eigenvalue weighted by Crippen LogP contribution is 2.32. The number of hydrogen-bond donors (Lipinski definition) is 0. The molecule has 2 aromatic rings. The van der Waals surface area contributed by atoms with Crippen molar-refractivity contribution in [2.45, 2.75) is 52.6 Å². The standard InChI is InChI=1S/C23H31N3O2/c1-5-26-18(3)21(17(2)24-26)14-16-25-15-6-7-22(25)20-11-8-19(9-12-20)10-13-23(27)28-4/h8-13,22H,5-7,14-16H2,1-4H3/t22-/m0/s1. The van der Waals surface area contributed by atoms with Gasteiger partial charge in [0.25, 0.3) is 0 Å². The van der Waals surface area contributed by atoms with E-state index in [4.69, 9.17) is 0 Å². The molecule has 28 heavy (non-hydrogen) atoms. The molecule has 1 fully saturated rings. The Labute approximate surface area is 168 Å². The second-order valence-electron chi connectivity index (χ2n) is 7.43. The van der Waals surface area contributed by atoms with E-state index in [-0.39, 0.29) is 5.97 Å². The zero-order chi connectivity index (χ0) is 20.1. The molecule has 5 heteroatoms. The third kappa shape index (κ3) is 4.53. The maximum atomic E-state index is 11.2. The number of carbonyl (C=O) groups excluding carboxylic acids is 1. The second kappa shape index (κ2) is 9.20. The molecule has 1 aliphatic heterocycles.